The summed E-state index contributed by atoms with van der Waals surface area (Å²) in [6.07, 6.45) is 0.978. The summed E-state index contributed by atoms with van der Waals surface area (Å²) in [5.74, 6) is -0.573. The van der Waals surface area contributed by atoms with Crippen molar-refractivity contribution in [1.82, 2.24) is 5.32 Å². The molecule has 1 rings (SSSR count). The van der Waals surface area contributed by atoms with E-state index in [1.54, 1.807) is 0 Å². The van der Waals surface area contributed by atoms with Gasteiger partial charge in [-0.2, -0.15) is 0 Å². The lowest BCUT2D eigenvalue weighted by atomic mass is 10.2. The van der Waals surface area contributed by atoms with Gasteiger partial charge in [-0.3, -0.25) is 9.59 Å². The zero-order valence-electron chi connectivity index (χ0n) is 12.5. The molecule has 0 saturated heterocycles. The number of carbonyl (C=O) groups is 2. The molecule has 0 unspecified atom stereocenters. The number of ether oxygens (including phenoxy) is 1. The molecule has 0 bridgehead atoms. The van der Waals surface area contributed by atoms with Crippen LogP contribution in [0.25, 0.3) is 0 Å². The van der Waals surface area contributed by atoms with Gasteiger partial charge in [0.15, 0.2) is 9.84 Å². The fourth-order valence-corrected chi connectivity index (χ4v) is 2.54. The van der Waals surface area contributed by atoms with Crippen LogP contribution in [-0.2, 0) is 14.6 Å². The topological polar surface area (TPSA) is 116 Å². The highest BCUT2D eigenvalue weighted by atomic mass is 32.2. The monoisotopic (exact) mass is 356 g/mol. The van der Waals surface area contributed by atoms with Gasteiger partial charge in [-0.15, -0.1) is 0 Å². The first kappa shape index (κ1) is 18.8. The van der Waals surface area contributed by atoms with E-state index in [4.69, 9.17) is 10.5 Å². The van der Waals surface area contributed by atoms with E-state index in [1.165, 1.54) is 36.6 Å². The highest BCUT2D eigenvalue weighted by Crippen LogP contribution is 2.17. The molecule has 0 aromatic heterocycles. The second kappa shape index (κ2) is 7.84. The normalized spacial score (nSPS) is 11.7. The first-order valence-corrected chi connectivity index (χ1v) is 8.98. The van der Waals surface area contributed by atoms with Gasteiger partial charge in [-0.25, -0.2) is 8.42 Å². The number of nitrogens with one attached hydrogen (secondary N) is 1. The maximum absolute atomic E-state index is 12.0. The average molecular weight is 356 g/mol. The van der Waals surface area contributed by atoms with E-state index in [1.807, 2.05) is 0 Å². The minimum atomic E-state index is -3.47. The standard InChI is InChI=1S/C14H16N2O5S2/c1-9(22-8-13(15)23(3,19)20)16-14(18)11-4-6-12(7-5-11)21-10(2)17/h4-8H,1,15H2,2-3H3,(H,16,18)/b13-8+. The van der Waals surface area contributed by atoms with Crippen LogP contribution in [0.5, 0.6) is 5.75 Å². The first-order valence-electron chi connectivity index (χ1n) is 6.20. The number of benzene rings is 1. The van der Waals surface area contributed by atoms with Gasteiger partial charge in [0.25, 0.3) is 5.91 Å². The van der Waals surface area contributed by atoms with Gasteiger partial charge in [-0.1, -0.05) is 18.3 Å². The van der Waals surface area contributed by atoms with E-state index in [-0.39, 0.29) is 10.1 Å². The van der Waals surface area contributed by atoms with Crippen LogP contribution in [0.2, 0.25) is 0 Å². The Hall–Kier alpha value is -2.26. The molecule has 0 aliphatic carbocycles. The van der Waals surface area contributed by atoms with E-state index in [0.29, 0.717) is 11.3 Å². The third kappa shape index (κ3) is 6.57. The Balaban J connectivity index is 2.65. The summed E-state index contributed by atoms with van der Waals surface area (Å²) in [6, 6.07) is 5.92. The Kier molecular flexibility index (Phi) is 6.40. The number of hydrogen-bond donors (Lipinski definition) is 2. The van der Waals surface area contributed by atoms with Crippen LogP contribution in [0.4, 0.5) is 0 Å². The lowest BCUT2D eigenvalue weighted by molar-refractivity contribution is -0.131. The fourth-order valence-electron chi connectivity index (χ4n) is 1.29. The Morgan fingerprint density at radius 3 is 2.35 bits per heavy atom. The molecule has 0 aliphatic rings. The van der Waals surface area contributed by atoms with Crippen molar-refractivity contribution in [2.24, 2.45) is 5.73 Å². The molecule has 7 nitrogen and oxygen atoms in total. The molecule has 0 radical (unpaired) electrons. The lowest BCUT2D eigenvalue weighted by Gasteiger charge is -2.07. The van der Waals surface area contributed by atoms with Crippen molar-refractivity contribution < 1.29 is 22.7 Å². The van der Waals surface area contributed by atoms with E-state index in [9.17, 15) is 18.0 Å². The summed E-state index contributed by atoms with van der Waals surface area (Å²) in [4.78, 5) is 22.8. The number of thioether (sulfide) groups is 1. The van der Waals surface area contributed by atoms with Crippen LogP contribution >= 0.6 is 11.8 Å². The molecule has 0 spiro atoms. The highest BCUT2D eigenvalue weighted by molar-refractivity contribution is 8.06. The molecule has 124 valence electrons. The van der Waals surface area contributed by atoms with Crippen molar-refractivity contribution in [3.8, 4) is 5.75 Å². The van der Waals surface area contributed by atoms with Crippen molar-refractivity contribution >= 4 is 33.5 Å². The largest absolute Gasteiger partial charge is 0.427 e. The summed E-state index contributed by atoms with van der Waals surface area (Å²) in [7, 11) is -3.47. The summed E-state index contributed by atoms with van der Waals surface area (Å²) < 4.78 is 27.1. The molecular weight excluding hydrogens is 340 g/mol. The van der Waals surface area contributed by atoms with Gasteiger partial charge >= 0.3 is 5.97 Å². The molecule has 3 N–H and O–H groups in total. The zero-order valence-corrected chi connectivity index (χ0v) is 14.2. The summed E-state index contributed by atoms with van der Waals surface area (Å²) in [5, 5.41) is 3.57. The van der Waals surface area contributed by atoms with Gasteiger partial charge in [0.05, 0.1) is 5.03 Å². The lowest BCUT2D eigenvalue weighted by Crippen LogP contribution is -2.20. The Morgan fingerprint density at radius 1 is 1.30 bits per heavy atom. The summed E-state index contributed by atoms with van der Waals surface area (Å²) in [5.41, 5.74) is 5.68. The van der Waals surface area contributed by atoms with E-state index >= 15 is 0 Å². The van der Waals surface area contributed by atoms with Crippen LogP contribution in [0.15, 0.2) is 46.3 Å². The quantitative estimate of drug-likeness (QED) is 0.584. The summed E-state index contributed by atoms with van der Waals surface area (Å²) >= 11 is 0.884. The molecule has 0 fully saturated rings. The third-order valence-electron chi connectivity index (χ3n) is 2.38. The van der Waals surface area contributed by atoms with Crippen molar-refractivity contribution in [3.05, 3.63) is 51.9 Å². The SMILES string of the molecule is C=C(NC(=O)c1ccc(OC(C)=O)cc1)S/C=C(\N)S(C)(=O)=O. The van der Waals surface area contributed by atoms with Crippen molar-refractivity contribution in [2.45, 2.75) is 6.92 Å². The third-order valence-corrected chi connectivity index (χ3v) is 4.26. The number of hydrogen-bond acceptors (Lipinski definition) is 7. The number of esters is 1. The smallest absolute Gasteiger partial charge is 0.308 e. The predicted octanol–water partition coefficient (Wildman–Crippen LogP) is 1.35. The molecule has 0 aliphatic heterocycles. The van der Waals surface area contributed by atoms with Gasteiger partial charge in [-0.05, 0) is 24.3 Å². The van der Waals surface area contributed by atoms with Gasteiger partial charge in [0.1, 0.15) is 10.8 Å². The Morgan fingerprint density at radius 2 is 1.87 bits per heavy atom. The Bertz CT molecular complexity index is 752. The molecule has 1 aromatic carbocycles. The average Bonchev–Trinajstić information content (AvgIpc) is 2.43. The maximum Gasteiger partial charge on any atom is 0.308 e. The van der Waals surface area contributed by atoms with Gasteiger partial charge in [0, 0.05) is 24.2 Å². The van der Waals surface area contributed by atoms with E-state index < -0.39 is 21.7 Å². The van der Waals surface area contributed by atoms with Crippen LogP contribution in [0.3, 0.4) is 0 Å². The zero-order chi connectivity index (χ0) is 17.6. The molecule has 1 aromatic rings. The number of amides is 1. The molecule has 0 saturated carbocycles. The van der Waals surface area contributed by atoms with Crippen LogP contribution in [-0.4, -0.2) is 26.6 Å². The number of nitrogens with two attached hydrogens (primary N) is 1. The van der Waals surface area contributed by atoms with Crippen molar-refractivity contribution in [1.29, 1.82) is 0 Å². The molecule has 9 heteroatoms. The molecule has 23 heavy (non-hydrogen) atoms. The minimum absolute atomic E-state index is 0.214. The predicted molar refractivity (Wildman–Crippen MR) is 89.1 cm³/mol. The molecule has 1 amide bonds. The van der Waals surface area contributed by atoms with Crippen molar-refractivity contribution in [2.75, 3.05) is 6.26 Å². The summed E-state index contributed by atoms with van der Waals surface area (Å²) in [6.45, 7) is 4.87. The van der Waals surface area contributed by atoms with Crippen molar-refractivity contribution in [3.63, 3.8) is 0 Å². The number of sulfone groups is 1. The van der Waals surface area contributed by atoms with E-state index in [2.05, 4.69) is 11.9 Å². The highest BCUT2D eigenvalue weighted by Gasteiger charge is 2.09. The minimum Gasteiger partial charge on any atom is -0.427 e. The van der Waals surface area contributed by atoms with Crippen LogP contribution in [0.1, 0.15) is 17.3 Å². The second-order valence-corrected chi connectivity index (χ2v) is 7.39. The fraction of sp³-hybridized carbons (Fsp3) is 0.143. The maximum atomic E-state index is 12.0. The Labute approximate surface area is 138 Å². The van der Waals surface area contributed by atoms with Gasteiger partial charge < -0.3 is 15.8 Å². The number of rotatable bonds is 6. The molecule has 0 heterocycles. The second-order valence-electron chi connectivity index (χ2n) is 4.41. The number of carbonyl (C=O) groups excluding carboxylic acids is 2. The first-order chi connectivity index (χ1) is 10.6. The van der Waals surface area contributed by atoms with Gasteiger partial charge in [0.2, 0.25) is 0 Å². The molecule has 0 atom stereocenters. The molecular formula is C14H16N2O5S2. The van der Waals surface area contributed by atoms with Crippen LogP contribution < -0.4 is 15.8 Å². The van der Waals surface area contributed by atoms with E-state index in [0.717, 1.165) is 18.0 Å². The van der Waals surface area contributed by atoms with Crippen LogP contribution in [0, 0.1) is 0 Å².